The van der Waals surface area contributed by atoms with Crippen LogP contribution in [0.25, 0.3) is 33.6 Å². The van der Waals surface area contributed by atoms with Crippen LogP contribution in [0.1, 0.15) is 52.8 Å². The molecule has 0 radical (unpaired) electrons. The lowest BCUT2D eigenvalue weighted by molar-refractivity contribution is 0.0936. The summed E-state index contributed by atoms with van der Waals surface area (Å²) in [5, 5.41) is 12.9. The molecule has 1 aliphatic carbocycles. The Hall–Kier alpha value is -4.22. The Morgan fingerprint density at radius 2 is 1.85 bits per heavy atom. The van der Waals surface area contributed by atoms with Crippen LogP contribution in [0.4, 0.5) is 4.39 Å². The molecule has 198 valence electrons. The maximum Gasteiger partial charge on any atom is 0.255 e. The molecule has 1 saturated carbocycles. The fourth-order valence-electron chi connectivity index (χ4n) is 5.24. The summed E-state index contributed by atoms with van der Waals surface area (Å²) in [6.45, 7) is 0. The number of hydrogen-bond donors (Lipinski definition) is 1. The molecule has 2 heterocycles. The second-order valence-corrected chi connectivity index (χ2v) is 10.0. The van der Waals surface area contributed by atoms with Gasteiger partial charge in [-0.15, -0.1) is 0 Å². The highest BCUT2D eigenvalue weighted by molar-refractivity contribution is 6.33. The highest BCUT2D eigenvalue weighted by atomic mass is 35.5. The largest absolute Gasteiger partial charge is 0.496 e. The molecule has 0 aliphatic heterocycles. The summed E-state index contributed by atoms with van der Waals surface area (Å²) in [4.78, 5) is 30.8. The van der Waals surface area contributed by atoms with Crippen LogP contribution in [0.15, 0.2) is 52.9 Å². The predicted octanol–water partition coefficient (Wildman–Crippen LogP) is 6.98. The number of hydrogen-bond acceptors (Lipinski definition) is 6. The van der Waals surface area contributed by atoms with E-state index in [1.807, 2.05) is 0 Å². The van der Waals surface area contributed by atoms with Gasteiger partial charge in [0.1, 0.15) is 22.5 Å². The van der Waals surface area contributed by atoms with Crippen molar-refractivity contribution in [1.29, 1.82) is 5.26 Å². The maximum atomic E-state index is 13.5. The Kier molecular flexibility index (Phi) is 7.11. The number of furan rings is 1. The summed E-state index contributed by atoms with van der Waals surface area (Å²) in [6.07, 6.45) is 3.36. The molecule has 2 aromatic heterocycles. The summed E-state index contributed by atoms with van der Waals surface area (Å²) in [5.74, 6) is -0.386. The van der Waals surface area contributed by atoms with Gasteiger partial charge < -0.3 is 14.5 Å². The first-order chi connectivity index (χ1) is 18.8. The van der Waals surface area contributed by atoms with Crippen molar-refractivity contribution in [3.8, 4) is 34.3 Å². The lowest BCUT2D eigenvalue weighted by atomic mass is 9.81. The van der Waals surface area contributed by atoms with Gasteiger partial charge >= 0.3 is 0 Å². The van der Waals surface area contributed by atoms with Crippen LogP contribution in [0, 0.1) is 22.6 Å². The third kappa shape index (κ3) is 4.86. The van der Waals surface area contributed by atoms with Gasteiger partial charge in [-0.05, 0) is 60.9 Å². The number of ether oxygens (including phenoxy) is 1. The lowest BCUT2D eigenvalue weighted by Crippen LogP contribution is -2.19. The fraction of sp³-hybridized carbons (Fsp3) is 0.267. The number of halogens is 2. The molecule has 0 atom stereocenters. The first kappa shape index (κ1) is 26.4. The summed E-state index contributed by atoms with van der Waals surface area (Å²) in [7, 11) is 2.99. The number of carbonyl (C=O) groups excluding carboxylic acids is 2. The Morgan fingerprint density at radius 3 is 2.49 bits per heavy atom. The van der Waals surface area contributed by atoms with E-state index in [2.05, 4.69) is 16.4 Å². The molecule has 9 heteroatoms. The number of Topliss-reactive ketones (excluding diaryl/α,β-unsaturated/α-hetero) is 1. The van der Waals surface area contributed by atoms with Crippen LogP contribution < -0.4 is 10.1 Å². The van der Waals surface area contributed by atoms with Gasteiger partial charge in [-0.1, -0.05) is 30.5 Å². The van der Waals surface area contributed by atoms with Crippen molar-refractivity contribution in [2.75, 3.05) is 14.2 Å². The molecule has 0 bridgehead atoms. The monoisotopic (exact) mass is 545 g/mol. The van der Waals surface area contributed by atoms with Crippen molar-refractivity contribution in [2.24, 2.45) is 5.41 Å². The van der Waals surface area contributed by atoms with Crippen molar-refractivity contribution >= 4 is 34.4 Å². The third-order valence-corrected chi connectivity index (χ3v) is 7.59. The van der Waals surface area contributed by atoms with Crippen molar-refractivity contribution in [1.82, 2.24) is 10.3 Å². The van der Waals surface area contributed by atoms with Crippen molar-refractivity contribution < 1.29 is 23.1 Å². The molecule has 1 N–H and O–H groups in total. The van der Waals surface area contributed by atoms with Gasteiger partial charge in [0, 0.05) is 24.6 Å². The number of ketones is 1. The second kappa shape index (κ2) is 10.5. The number of carbonyl (C=O) groups is 2. The minimum absolute atomic E-state index is 0.109. The van der Waals surface area contributed by atoms with Crippen LogP contribution in [-0.2, 0) is 0 Å². The second-order valence-electron chi connectivity index (χ2n) is 9.69. The van der Waals surface area contributed by atoms with Crippen LogP contribution in [0.3, 0.4) is 0 Å². The van der Waals surface area contributed by atoms with Crippen LogP contribution in [0.5, 0.6) is 5.75 Å². The number of fused-ring (bicyclic) bond motifs is 1. The lowest BCUT2D eigenvalue weighted by Gasteiger charge is -2.20. The van der Waals surface area contributed by atoms with E-state index in [4.69, 9.17) is 20.8 Å². The number of nitriles is 1. The van der Waals surface area contributed by atoms with Crippen LogP contribution >= 0.6 is 11.6 Å². The SMILES string of the molecule is CNC(=O)c1c(-c2ccc(F)cc2)oc2nc(Cl)c(-c3ccc(OC)c(C(=O)CC4(C#N)CCCC4)c3)cc12. The Labute approximate surface area is 229 Å². The van der Waals surface area contributed by atoms with Crippen LogP contribution in [0.2, 0.25) is 5.15 Å². The first-order valence-corrected chi connectivity index (χ1v) is 12.9. The van der Waals surface area contributed by atoms with Crippen molar-refractivity contribution in [3.63, 3.8) is 0 Å². The highest BCUT2D eigenvalue weighted by Crippen LogP contribution is 2.43. The third-order valence-electron chi connectivity index (χ3n) is 7.30. The molecule has 2 aromatic carbocycles. The van der Waals surface area contributed by atoms with Gasteiger partial charge in [0.2, 0.25) is 5.71 Å². The number of nitrogens with zero attached hydrogens (tertiary/aromatic N) is 2. The number of rotatable bonds is 7. The molecular weight excluding hydrogens is 521 g/mol. The Morgan fingerprint density at radius 1 is 1.15 bits per heavy atom. The zero-order chi connectivity index (χ0) is 27.7. The summed E-state index contributed by atoms with van der Waals surface area (Å²) in [6, 6.07) is 14.8. The smallest absolute Gasteiger partial charge is 0.255 e. The molecule has 1 fully saturated rings. The number of nitrogens with one attached hydrogen (secondary N) is 1. The minimum Gasteiger partial charge on any atom is -0.496 e. The minimum atomic E-state index is -0.661. The molecule has 0 saturated heterocycles. The van der Waals surface area contributed by atoms with E-state index in [1.165, 1.54) is 38.4 Å². The van der Waals surface area contributed by atoms with E-state index in [0.717, 1.165) is 12.8 Å². The van der Waals surface area contributed by atoms with E-state index >= 15 is 0 Å². The van der Waals surface area contributed by atoms with Crippen molar-refractivity contribution in [2.45, 2.75) is 32.1 Å². The molecule has 0 spiro atoms. The van der Waals surface area contributed by atoms with Gasteiger partial charge in [-0.3, -0.25) is 9.59 Å². The van der Waals surface area contributed by atoms with E-state index in [9.17, 15) is 19.2 Å². The Balaban J connectivity index is 1.62. The first-order valence-electron chi connectivity index (χ1n) is 12.5. The van der Waals surface area contributed by atoms with Gasteiger partial charge in [0.25, 0.3) is 5.91 Å². The molecule has 39 heavy (non-hydrogen) atoms. The predicted molar refractivity (Wildman–Crippen MR) is 145 cm³/mol. The molecule has 1 aliphatic rings. The maximum absolute atomic E-state index is 13.5. The fourth-order valence-corrected chi connectivity index (χ4v) is 5.48. The zero-order valence-corrected chi connectivity index (χ0v) is 22.2. The highest BCUT2D eigenvalue weighted by Gasteiger charge is 2.37. The molecule has 5 rings (SSSR count). The zero-order valence-electron chi connectivity index (χ0n) is 21.4. The molecular formula is C30H25ClFN3O4. The van der Waals surface area contributed by atoms with E-state index in [0.29, 0.717) is 46.2 Å². The topological polar surface area (TPSA) is 105 Å². The molecule has 7 nitrogen and oxygen atoms in total. The molecule has 4 aromatic rings. The average molecular weight is 546 g/mol. The Bertz CT molecular complexity index is 1630. The standard InChI is InChI=1S/C30H25ClFN3O4/c1-34-28(37)25-22-14-20(27(31)35-29(22)39-26(25)17-5-8-19(32)9-6-17)18-7-10-24(38-2)21(13-18)23(36)15-30(16-33)11-3-4-12-30/h5-10,13-14H,3-4,11-12,15H2,1-2H3,(H,34,37). The summed E-state index contributed by atoms with van der Waals surface area (Å²) < 4.78 is 24.9. The summed E-state index contributed by atoms with van der Waals surface area (Å²) in [5.41, 5.74) is 1.62. The van der Waals surface area contributed by atoms with Gasteiger partial charge in [-0.25, -0.2) is 9.37 Å². The van der Waals surface area contributed by atoms with Crippen molar-refractivity contribution in [3.05, 3.63) is 70.6 Å². The van der Waals surface area contributed by atoms with E-state index in [1.54, 1.807) is 24.3 Å². The van der Waals surface area contributed by atoms with Gasteiger partial charge in [0.05, 0.1) is 35.1 Å². The number of benzene rings is 2. The van der Waals surface area contributed by atoms with Crippen LogP contribution in [-0.4, -0.2) is 30.8 Å². The quantitative estimate of drug-likeness (QED) is 0.198. The van der Waals surface area contributed by atoms with E-state index < -0.39 is 17.1 Å². The number of pyridine rings is 1. The normalized spacial score (nSPS) is 14.2. The summed E-state index contributed by atoms with van der Waals surface area (Å²) >= 11 is 6.59. The number of amides is 1. The molecule has 1 amide bonds. The number of methoxy groups -OCH3 is 1. The van der Waals surface area contributed by atoms with Gasteiger partial charge in [-0.2, -0.15) is 5.26 Å². The average Bonchev–Trinajstić information content (AvgIpc) is 3.57. The van der Waals surface area contributed by atoms with E-state index in [-0.39, 0.29) is 34.4 Å². The number of aromatic nitrogens is 1. The molecule has 0 unspecified atom stereocenters. The van der Waals surface area contributed by atoms with Gasteiger partial charge in [0.15, 0.2) is 5.78 Å².